The van der Waals surface area contributed by atoms with E-state index in [-0.39, 0.29) is 23.1 Å². The SMILES string of the molecule is Cc1nc([C@@]23CN(Cc4ccncc4F)C[C@@H]2CN(C(=O)c2cccnc2)C3)n[nH]1. The predicted octanol–water partition coefficient (Wildman–Crippen LogP) is 1.57. The maximum atomic E-state index is 14.1. The fraction of sp³-hybridized carbons (Fsp3) is 0.381. The second-order valence-corrected chi connectivity index (χ2v) is 8.16. The molecule has 1 N–H and O–H groups in total. The standard InChI is InChI=1S/C21H22FN7O/c1-14-25-20(27-26-14)21-12-28(9-16-4-6-24-8-18(16)22)10-17(21)11-29(13-21)19(30)15-3-2-5-23-7-15/h2-8,17H,9-13H2,1H3,(H,25,26,27)/t17-,21-/m1/s1. The van der Waals surface area contributed by atoms with Gasteiger partial charge in [0.15, 0.2) is 5.82 Å². The van der Waals surface area contributed by atoms with E-state index in [4.69, 9.17) is 0 Å². The highest BCUT2D eigenvalue weighted by Crippen LogP contribution is 2.44. The highest BCUT2D eigenvalue weighted by atomic mass is 19.1. The second kappa shape index (κ2) is 7.24. The zero-order chi connectivity index (χ0) is 20.7. The van der Waals surface area contributed by atoms with Gasteiger partial charge >= 0.3 is 0 Å². The molecule has 0 saturated carbocycles. The molecule has 2 fully saturated rings. The normalized spacial score (nSPS) is 23.7. The minimum absolute atomic E-state index is 0.0316. The summed E-state index contributed by atoms with van der Waals surface area (Å²) in [5.74, 6) is 1.30. The lowest BCUT2D eigenvalue weighted by atomic mass is 9.80. The molecule has 3 aromatic rings. The Balaban J connectivity index is 1.42. The minimum Gasteiger partial charge on any atom is -0.337 e. The molecule has 30 heavy (non-hydrogen) atoms. The first-order valence-corrected chi connectivity index (χ1v) is 9.95. The number of hydrogen-bond donors (Lipinski definition) is 1. The van der Waals surface area contributed by atoms with Gasteiger partial charge in [-0.3, -0.25) is 24.8 Å². The van der Waals surface area contributed by atoms with Gasteiger partial charge < -0.3 is 4.90 Å². The van der Waals surface area contributed by atoms with Crippen LogP contribution < -0.4 is 0 Å². The number of pyridine rings is 2. The molecule has 5 heterocycles. The third kappa shape index (κ3) is 3.15. The first kappa shape index (κ1) is 18.8. The Kier molecular flexibility index (Phi) is 4.54. The summed E-state index contributed by atoms with van der Waals surface area (Å²) in [4.78, 5) is 29.7. The molecule has 1 amide bonds. The van der Waals surface area contributed by atoms with Crippen LogP contribution in [0.25, 0.3) is 0 Å². The molecule has 3 aromatic heterocycles. The van der Waals surface area contributed by atoms with Gasteiger partial charge in [-0.05, 0) is 25.1 Å². The highest BCUT2D eigenvalue weighted by Gasteiger charge is 2.56. The lowest BCUT2D eigenvalue weighted by molar-refractivity contribution is 0.0768. The van der Waals surface area contributed by atoms with Crippen molar-refractivity contribution in [1.29, 1.82) is 0 Å². The largest absolute Gasteiger partial charge is 0.337 e. The van der Waals surface area contributed by atoms with Crippen LogP contribution in [0.4, 0.5) is 4.39 Å². The molecule has 0 bridgehead atoms. The number of likely N-dealkylation sites (tertiary alicyclic amines) is 2. The Bertz CT molecular complexity index is 1070. The van der Waals surface area contributed by atoms with Gasteiger partial charge in [0.1, 0.15) is 11.6 Å². The van der Waals surface area contributed by atoms with Crippen molar-refractivity contribution in [3.8, 4) is 0 Å². The first-order chi connectivity index (χ1) is 14.5. The van der Waals surface area contributed by atoms with E-state index in [1.165, 1.54) is 6.20 Å². The maximum Gasteiger partial charge on any atom is 0.255 e. The summed E-state index contributed by atoms with van der Waals surface area (Å²) in [6, 6.07) is 5.26. The Hall–Kier alpha value is -3.20. The Morgan fingerprint density at radius 1 is 1.23 bits per heavy atom. The van der Waals surface area contributed by atoms with Crippen LogP contribution in [-0.4, -0.2) is 67.0 Å². The molecule has 2 aliphatic rings. The van der Waals surface area contributed by atoms with E-state index in [0.717, 1.165) is 18.2 Å². The molecule has 0 unspecified atom stereocenters. The molecular formula is C21H22FN7O. The minimum atomic E-state index is -0.383. The number of H-pyrrole nitrogens is 1. The lowest BCUT2D eigenvalue weighted by Gasteiger charge is -2.27. The summed E-state index contributed by atoms with van der Waals surface area (Å²) in [5.41, 5.74) is 0.815. The summed E-state index contributed by atoms with van der Waals surface area (Å²) >= 11 is 0. The predicted molar refractivity (Wildman–Crippen MR) is 106 cm³/mol. The third-order valence-electron chi connectivity index (χ3n) is 6.17. The molecule has 0 aliphatic carbocycles. The van der Waals surface area contributed by atoms with E-state index >= 15 is 0 Å². The zero-order valence-corrected chi connectivity index (χ0v) is 16.6. The van der Waals surface area contributed by atoms with Gasteiger partial charge in [0.2, 0.25) is 0 Å². The van der Waals surface area contributed by atoms with Gasteiger partial charge in [0, 0.05) is 62.8 Å². The van der Waals surface area contributed by atoms with Crippen LogP contribution in [0.2, 0.25) is 0 Å². The molecule has 9 heteroatoms. The van der Waals surface area contributed by atoms with E-state index in [9.17, 15) is 9.18 Å². The average Bonchev–Trinajstić information content (AvgIpc) is 3.42. The Morgan fingerprint density at radius 3 is 2.83 bits per heavy atom. The van der Waals surface area contributed by atoms with E-state index in [1.807, 2.05) is 11.8 Å². The number of aromatic nitrogens is 5. The number of halogens is 1. The van der Waals surface area contributed by atoms with Crippen molar-refractivity contribution in [3.63, 3.8) is 0 Å². The molecule has 2 aliphatic heterocycles. The van der Waals surface area contributed by atoms with Crippen molar-refractivity contribution >= 4 is 5.91 Å². The fourth-order valence-electron chi connectivity index (χ4n) is 4.77. The molecular weight excluding hydrogens is 385 g/mol. The summed E-state index contributed by atoms with van der Waals surface area (Å²) in [7, 11) is 0. The smallest absolute Gasteiger partial charge is 0.255 e. The number of nitrogens with one attached hydrogen (secondary N) is 1. The zero-order valence-electron chi connectivity index (χ0n) is 16.6. The van der Waals surface area contributed by atoms with Gasteiger partial charge in [-0.25, -0.2) is 9.37 Å². The van der Waals surface area contributed by atoms with Crippen LogP contribution in [0.1, 0.15) is 27.6 Å². The maximum absolute atomic E-state index is 14.1. The van der Waals surface area contributed by atoms with Crippen LogP contribution >= 0.6 is 0 Å². The monoisotopic (exact) mass is 407 g/mol. The van der Waals surface area contributed by atoms with Crippen molar-refractivity contribution in [2.24, 2.45) is 5.92 Å². The Morgan fingerprint density at radius 2 is 2.10 bits per heavy atom. The van der Waals surface area contributed by atoms with Gasteiger partial charge in [-0.2, -0.15) is 5.10 Å². The number of carbonyl (C=O) groups excluding carboxylic acids is 1. The molecule has 8 nitrogen and oxygen atoms in total. The molecule has 2 saturated heterocycles. The lowest BCUT2D eigenvalue weighted by Crippen LogP contribution is -2.40. The topological polar surface area (TPSA) is 90.9 Å². The van der Waals surface area contributed by atoms with Crippen molar-refractivity contribution in [2.45, 2.75) is 18.9 Å². The van der Waals surface area contributed by atoms with Crippen molar-refractivity contribution in [2.75, 3.05) is 26.2 Å². The van der Waals surface area contributed by atoms with Gasteiger partial charge in [-0.15, -0.1) is 0 Å². The number of amides is 1. The van der Waals surface area contributed by atoms with Crippen LogP contribution in [0.15, 0.2) is 43.0 Å². The van der Waals surface area contributed by atoms with Crippen LogP contribution in [0.3, 0.4) is 0 Å². The molecule has 2 atom stereocenters. The first-order valence-electron chi connectivity index (χ1n) is 9.95. The van der Waals surface area contributed by atoms with Crippen LogP contribution in [-0.2, 0) is 12.0 Å². The number of carbonyl (C=O) groups is 1. The molecule has 5 rings (SSSR count). The van der Waals surface area contributed by atoms with E-state index in [0.29, 0.717) is 37.3 Å². The molecule has 154 valence electrons. The number of fused-ring (bicyclic) bond motifs is 1. The number of nitrogens with zero attached hydrogens (tertiary/aromatic N) is 6. The quantitative estimate of drug-likeness (QED) is 0.706. The van der Waals surface area contributed by atoms with E-state index < -0.39 is 0 Å². The molecule has 0 spiro atoms. The number of aromatic amines is 1. The molecule has 0 aromatic carbocycles. The summed E-state index contributed by atoms with van der Waals surface area (Å²) < 4.78 is 14.1. The number of rotatable bonds is 4. The van der Waals surface area contributed by atoms with Gasteiger partial charge in [0.25, 0.3) is 5.91 Å². The van der Waals surface area contributed by atoms with Crippen molar-refractivity contribution in [1.82, 2.24) is 34.9 Å². The van der Waals surface area contributed by atoms with E-state index in [2.05, 4.69) is 30.0 Å². The van der Waals surface area contributed by atoms with E-state index in [1.54, 1.807) is 36.8 Å². The number of aryl methyl sites for hydroxylation is 1. The number of hydrogen-bond acceptors (Lipinski definition) is 6. The van der Waals surface area contributed by atoms with Crippen LogP contribution in [0.5, 0.6) is 0 Å². The fourth-order valence-corrected chi connectivity index (χ4v) is 4.77. The molecule has 0 radical (unpaired) electrons. The summed E-state index contributed by atoms with van der Waals surface area (Å²) in [6.45, 7) is 4.90. The van der Waals surface area contributed by atoms with Crippen molar-refractivity contribution in [3.05, 3.63) is 71.6 Å². The third-order valence-corrected chi connectivity index (χ3v) is 6.17. The Labute approximate surface area is 173 Å². The van der Waals surface area contributed by atoms with Crippen LogP contribution in [0, 0.1) is 18.7 Å². The highest BCUT2D eigenvalue weighted by molar-refractivity contribution is 5.94. The summed E-state index contributed by atoms with van der Waals surface area (Å²) in [6.07, 6.45) is 6.11. The average molecular weight is 407 g/mol. The van der Waals surface area contributed by atoms with Gasteiger partial charge in [-0.1, -0.05) is 0 Å². The van der Waals surface area contributed by atoms with Gasteiger partial charge in [0.05, 0.1) is 17.2 Å². The second-order valence-electron chi connectivity index (χ2n) is 8.16. The summed E-state index contributed by atoms with van der Waals surface area (Å²) in [5, 5.41) is 7.40. The van der Waals surface area contributed by atoms with Crippen molar-refractivity contribution < 1.29 is 9.18 Å².